The Morgan fingerprint density at radius 3 is 2.26 bits per heavy atom. The molecule has 8 nitrogen and oxygen atoms in total. The van der Waals surface area contributed by atoms with Gasteiger partial charge in [0.2, 0.25) is 5.88 Å². The number of nitrogens with zero attached hydrogens (tertiary/aromatic N) is 3. The van der Waals surface area contributed by atoms with Gasteiger partial charge in [-0.05, 0) is 47.9 Å². The lowest BCUT2D eigenvalue weighted by Crippen LogP contribution is -2.26. The van der Waals surface area contributed by atoms with Crippen LogP contribution in [0.2, 0.25) is 0 Å². The number of amides is 2. The lowest BCUT2D eigenvalue weighted by atomic mass is 9.99. The van der Waals surface area contributed by atoms with Crippen LogP contribution in [-0.4, -0.2) is 26.8 Å². The van der Waals surface area contributed by atoms with Crippen molar-refractivity contribution < 1.29 is 14.3 Å². The maximum Gasteiger partial charge on any atom is 0.414 e. The molecule has 9 heteroatoms. The van der Waals surface area contributed by atoms with E-state index in [1.165, 1.54) is 11.3 Å². The van der Waals surface area contributed by atoms with Gasteiger partial charge in [0.15, 0.2) is 5.13 Å². The fourth-order valence-corrected chi connectivity index (χ4v) is 5.26. The molecule has 0 spiro atoms. The van der Waals surface area contributed by atoms with Crippen molar-refractivity contribution in [3.63, 3.8) is 0 Å². The zero-order valence-corrected chi connectivity index (χ0v) is 24.0. The molecule has 6 aromatic rings. The van der Waals surface area contributed by atoms with E-state index < -0.39 is 6.09 Å². The van der Waals surface area contributed by atoms with Gasteiger partial charge in [-0.3, -0.25) is 10.1 Å². The predicted octanol–water partition coefficient (Wildman–Crippen LogP) is 7.51. The monoisotopic (exact) mass is 585 g/mol. The minimum absolute atomic E-state index is 0.104. The van der Waals surface area contributed by atoms with Gasteiger partial charge in [-0.25, -0.2) is 9.48 Å². The van der Waals surface area contributed by atoms with E-state index in [9.17, 15) is 9.59 Å². The molecule has 0 aliphatic carbocycles. The third-order valence-electron chi connectivity index (χ3n) is 6.68. The number of hydrogen-bond acceptors (Lipinski definition) is 6. The molecule has 43 heavy (non-hydrogen) atoms. The highest BCUT2D eigenvalue weighted by Gasteiger charge is 2.16. The van der Waals surface area contributed by atoms with Crippen LogP contribution in [0.1, 0.15) is 21.6 Å². The quantitative estimate of drug-likeness (QED) is 0.193. The predicted molar refractivity (Wildman–Crippen MR) is 169 cm³/mol. The zero-order chi connectivity index (χ0) is 29.6. The fraction of sp³-hybridized carbons (Fsp3) is 0.0588. The lowest BCUT2D eigenvalue weighted by molar-refractivity contribution is 0.102. The first kappa shape index (κ1) is 27.6. The second-order valence-electron chi connectivity index (χ2n) is 9.71. The lowest BCUT2D eigenvalue weighted by Gasteiger charge is -2.09. The normalized spacial score (nSPS) is 10.7. The first-order chi connectivity index (χ1) is 21.0. The van der Waals surface area contributed by atoms with E-state index in [0.29, 0.717) is 10.7 Å². The molecule has 0 saturated carbocycles. The number of carbonyl (C=O) groups excluding carboxylic acids is 2. The maximum absolute atomic E-state index is 13.0. The van der Waals surface area contributed by atoms with Crippen LogP contribution in [-0.2, 0) is 6.54 Å². The molecule has 2 heterocycles. The Kier molecular flexibility index (Phi) is 8.06. The van der Waals surface area contributed by atoms with Crippen molar-refractivity contribution >= 4 is 28.5 Å². The summed E-state index contributed by atoms with van der Waals surface area (Å²) in [5.74, 6) is -0.193. The van der Waals surface area contributed by atoms with Crippen molar-refractivity contribution in [2.75, 3.05) is 5.32 Å². The number of hydrogen-bond donors (Lipinski definition) is 2. The topological polar surface area (TPSA) is 98.1 Å². The summed E-state index contributed by atoms with van der Waals surface area (Å²) < 4.78 is 7.25. The summed E-state index contributed by atoms with van der Waals surface area (Å²) in [6.45, 7) is 2.24. The molecule has 212 valence electrons. The number of ether oxygens (including phenoxy) is 1. The van der Waals surface area contributed by atoms with Gasteiger partial charge in [-0.1, -0.05) is 91.0 Å². The summed E-state index contributed by atoms with van der Waals surface area (Å²) in [6, 6.07) is 37.0. The Labute approximate surface area is 252 Å². The average Bonchev–Trinajstić information content (AvgIpc) is 3.66. The van der Waals surface area contributed by atoms with E-state index >= 15 is 0 Å². The second-order valence-corrected chi connectivity index (χ2v) is 10.6. The first-order valence-electron chi connectivity index (χ1n) is 13.6. The van der Waals surface area contributed by atoms with Crippen LogP contribution in [0.15, 0.2) is 121 Å². The summed E-state index contributed by atoms with van der Waals surface area (Å²) in [7, 11) is 0. The summed E-state index contributed by atoms with van der Waals surface area (Å²) in [5, 5.41) is 12.1. The number of benzene rings is 4. The number of anilines is 1. The Bertz CT molecular complexity index is 1870. The van der Waals surface area contributed by atoms with Gasteiger partial charge < -0.3 is 10.1 Å². The molecule has 2 N–H and O–H groups in total. The highest BCUT2D eigenvalue weighted by atomic mass is 32.1. The van der Waals surface area contributed by atoms with Gasteiger partial charge in [0.1, 0.15) is 0 Å². The van der Waals surface area contributed by atoms with Crippen LogP contribution >= 0.6 is 11.3 Å². The number of carbonyl (C=O) groups is 2. The van der Waals surface area contributed by atoms with E-state index in [4.69, 9.17) is 4.74 Å². The van der Waals surface area contributed by atoms with Crippen molar-refractivity contribution in [3.05, 3.63) is 137 Å². The van der Waals surface area contributed by atoms with Crippen LogP contribution in [0.4, 0.5) is 9.93 Å². The van der Waals surface area contributed by atoms with Gasteiger partial charge in [-0.15, -0.1) is 11.3 Å². The molecular weight excluding hydrogens is 558 g/mol. The van der Waals surface area contributed by atoms with E-state index in [-0.39, 0.29) is 18.3 Å². The smallest absolute Gasteiger partial charge is 0.390 e. The van der Waals surface area contributed by atoms with Crippen LogP contribution in [0.5, 0.6) is 5.88 Å². The van der Waals surface area contributed by atoms with Crippen molar-refractivity contribution in [2.45, 2.75) is 13.5 Å². The van der Waals surface area contributed by atoms with Gasteiger partial charge >= 0.3 is 6.09 Å². The second kappa shape index (κ2) is 12.5. The summed E-state index contributed by atoms with van der Waals surface area (Å²) in [6.07, 6.45) is -0.643. The molecule has 0 aliphatic heterocycles. The summed E-state index contributed by atoms with van der Waals surface area (Å²) >= 11 is 1.18. The minimum Gasteiger partial charge on any atom is -0.390 e. The summed E-state index contributed by atoms with van der Waals surface area (Å²) in [5.41, 5.74) is 7.11. The van der Waals surface area contributed by atoms with E-state index in [1.54, 1.807) is 11.4 Å². The van der Waals surface area contributed by atoms with Gasteiger partial charge in [0, 0.05) is 17.7 Å². The molecule has 0 fully saturated rings. The van der Waals surface area contributed by atoms with Crippen molar-refractivity contribution in [3.8, 4) is 34.0 Å². The number of rotatable bonds is 8. The highest BCUT2D eigenvalue weighted by molar-refractivity contribution is 7.14. The average molecular weight is 586 g/mol. The van der Waals surface area contributed by atoms with Crippen molar-refractivity contribution in [1.82, 2.24) is 20.1 Å². The number of aromatic nitrogens is 3. The first-order valence-corrected chi connectivity index (χ1v) is 14.5. The Morgan fingerprint density at radius 1 is 0.837 bits per heavy atom. The largest absolute Gasteiger partial charge is 0.414 e. The highest BCUT2D eigenvalue weighted by Crippen LogP contribution is 2.27. The Morgan fingerprint density at radius 2 is 1.51 bits per heavy atom. The molecule has 2 amide bonds. The standard InChI is InChI=1S/C34H27N5O3S/c1-23-20-30(26-12-6-3-7-13-26)39(38-23)27-18-16-24(17-19-27)21-35-34(41)42-31-22-43-33(36-31)37-32(40)29-15-9-8-14-28(29)25-10-4-2-5-11-25/h2-20,22H,21H2,1H3,(H,35,41)(H,36,37,40). The van der Waals surface area contributed by atoms with Crippen molar-refractivity contribution in [2.24, 2.45) is 0 Å². The molecule has 0 aliphatic rings. The number of thiazole rings is 1. The molecule has 0 saturated heterocycles. The maximum atomic E-state index is 13.0. The third-order valence-corrected chi connectivity index (χ3v) is 7.41. The van der Waals surface area contributed by atoms with Crippen LogP contribution in [0, 0.1) is 6.92 Å². The van der Waals surface area contributed by atoms with Crippen LogP contribution in [0.25, 0.3) is 28.1 Å². The molecule has 0 bridgehead atoms. The van der Waals surface area contributed by atoms with Crippen molar-refractivity contribution in [1.29, 1.82) is 0 Å². The Balaban J connectivity index is 1.04. The third kappa shape index (κ3) is 6.52. The molecule has 0 atom stereocenters. The minimum atomic E-state index is -0.643. The number of aryl methyl sites for hydroxylation is 1. The molecule has 4 aromatic carbocycles. The molecule has 2 aromatic heterocycles. The Hall–Kier alpha value is -5.54. The van der Waals surface area contributed by atoms with E-state index in [1.807, 2.05) is 103 Å². The van der Waals surface area contributed by atoms with Crippen LogP contribution < -0.4 is 15.4 Å². The van der Waals surface area contributed by atoms with E-state index in [0.717, 1.165) is 39.3 Å². The molecule has 6 rings (SSSR count). The summed E-state index contributed by atoms with van der Waals surface area (Å²) in [4.78, 5) is 29.7. The van der Waals surface area contributed by atoms with E-state index in [2.05, 4.69) is 38.9 Å². The molecular formula is C34H27N5O3S. The van der Waals surface area contributed by atoms with Crippen LogP contribution in [0.3, 0.4) is 0 Å². The number of nitrogens with one attached hydrogen (secondary N) is 2. The molecule has 0 unspecified atom stereocenters. The van der Waals surface area contributed by atoms with Gasteiger partial charge in [0.25, 0.3) is 5.91 Å². The fourth-order valence-electron chi connectivity index (χ4n) is 4.65. The van der Waals surface area contributed by atoms with Gasteiger partial charge in [-0.2, -0.15) is 10.1 Å². The SMILES string of the molecule is Cc1cc(-c2ccccc2)n(-c2ccc(CNC(=O)Oc3csc(NC(=O)c4ccccc4-c4ccccc4)n3)cc2)n1. The zero-order valence-electron chi connectivity index (χ0n) is 23.2. The molecule has 0 radical (unpaired) electrons. The van der Waals surface area contributed by atoms with Gasteiger partial charge in [0.05, 0.1) is 22.5 Å².